The minimum absolute atomic E-state index is 0.0706. The number of aliphatic hydroxyl groups is 1. The lowest BCUT2D eigenvalue weighted by atomic mass is 10.1. The number of nitrogens with zero attached hydrogens (tertiary/aromatic N) is 1. The number of rotatable bonds is 10. The van der Waals surface area contributed by atoms with Crippen molar-refractivity contribution in [3.05, 3.63) is 60.2 Å². The monoisotopic (exact) mass is 385 g/mol. The highest BCUT2D eigenvalue weighted by atomic mass is 16.5. The number of aliphatic imine (C=N–C) groups is 1. The van der Waals surface area contributed by atoms with Crippen LogP contribution in [0.25, 0.3) is 0 Å². The summed E-state index contributed by atoms with van der Waals surface area (Å²) >= 11 is 0. The van der Waals surface area contributed by atoms with E-state index in [1.807, 2.05) is 68.4 Å². The van der Waals surface area contributed by atoms with Crippen LogP contribution in [0, 0.1) is 0 Å². The number of hydrogen-bond acceptors (Lipinski definition) is 4. The molecule has 2 atom stereocenters. The lowest BCUT2D eigenvalue weighted by Gasteiger charge is -2.16. The van der Waals surface area contributed by atoms with E-state index in [1.165, 1.54) is 0 Å². The maximum atomic E-state index is 10.3. The number of benzene rings is 2. The molecule has 0 heterocycles. The Morgan fingerprint density at radius 1 is 1.04 bits per heavy atom. The second-order valence-electron chi connectivity index (χ2n) is 6.47. The number of hydrogen-bond donors (Lipinski definition) is 3. The van der Waals surface area contributed by atoms with E-state index >= 15 is 0 Å². The number of guanidine groups is 1. The van der Waals surface area contributed by atoms with Crippen LogP contribution in [0.3, 0.4) is 0 Å². The average Bonchev–Trinajstić information content (AvgIpc) is 2.73. The van der Waals surface area contributed by atoms with Crippen LogP contribution >= 0.6 is 0 Å². The quantitative estimate of drug-likeness (QED) is 0.433. The molecule has 0 radical (unpaired) electrons. The van der Waals surface area contributed by atoms with Gasteiger partial charge in [-0.15, -0.1) is 0 Å². The van der Waals surface area contributed by atoms with Gasteiger partial charge in [0.05, 0.1) is 19.8 Å². The van der Waals surface area contributed by atoms with Gasteiger partial charge in [0, 0.05) is 13.1 Å². The van der Waals surface area contributed by atoms with Gasteiger partial charge in [0.15, 0.2) is 5.96 Å². The van der Waals surface area contributed by atoms with Crippen LogP contribution in [-0.2, 0) is 0 Å². The van der Waals surface area contributed by atoms with Gasteiger partial charge in [-0.05, 0) is 50.1 Å². The number of nitrogens with one attached hydrogen (secondary N) is 2. The lowest BCUT2D eigenvalue weighted by Crippen LogP contribution is -2.39. The largest absolute Gasteiger partial charge is 0.497 e. The molecule has 2 unspecified atom stereocenters. The molecular formula is C22H31N3O3. The van der Waals surface area contributed by atoms with Crippen LogP contribution in [0.15, 0.2) is 59.6 Å². The molecule has 0 spiro atoms. The number of aliphatic hydroxyl groups excluding tert-OH is 1. The van der Waals surface area contributed by atoms with Crippen molar-refractivity contribution in [1.29, 1.82) is 0 Å². The zero-order valence-electron chi connectivity index (χ0n) is 16.9. The molecule has 152 valence electrons. The van der Waals surface area contributed by atoms with Gasteiger partial charge >= 0.3 is 0 Å². The molecule has 0 amide bonds. The van der Waals surface area contributed by atoms with Crippen LogP contribution in [0.5, 0.6) is 11.5 Å². The first-order chi connectivity index (χ1) is 13.6. The van der Waals surface area contributed by atoms with E-state index in [0.29, 0.717) is 25.5 Å². The maximum absolute atomic E-state index is 10.3. The fourth-order valence-corrected chi connectivity index (χ4v) is 2.65. The van der Waals surface area contributed by atoms with Crippen molar-refractivity contribution < 1.29 is 14.6 Å². The Balaban J connectivity index is 1.79. The molecule has 0 saturated carbocycles. The molecule has 2 rings (SSSR count). The lowest BCUT2D eigenvalue weighted by molar-refractivity contribution is 0.168. The zero-order chi connectivity index (χ0) is 20.2. The third-order valence-corrected chi connectivity index (χ3v) is 4.14. The molecule has 6 nitrogen and oxygen atoms in total. The second kappa shape index (κ2) is 11.9. The van der Waals surface area contributed by atoms with Crippen LogP contribution < -0.4 is 20.1 Å². The van der Waals surface area contributed by atoms with Crippen molar-refractivity contribution in [3.63, 3.8) is 0 Å². The third kappa shape index (κ3) is 7.48. The Morgan fingerprint density at radius 2 is 1.71 bits per heavy atom. The normalized spacial score (nSPS) is 13.5. The van der Waals surface area contributed by atoms with Crippen molar-refractivity contribution in [2.45, 2.75) is 32.5 Å². The highest BCUT2D eigenvalue weighted by molar-refractivity contribution is 5.79. The van der Waals surface area contributed by atoms with Crippen LogP contribution in [0.4, 0.5) is 0 Å². The fraction of sp³-hybridized carbons (Fsp3) is 0.409. The van der Waals surface area contributed by atoms with Crippen molar-refractivity contribution in [2.24, 2.45) is 4.99 Å². The van der Waals surface area contributed by atoms with Gasteiger partial charge in [-0.2, -0.15) is 0 Å². The Labute approximate surface area is 167 Å². The summed E-state index contributed by atoms with van der Waals surface area (Å²) in [5, 5.41) is 16.7. The van der Waals surface area contributed by atoms with Crippen molar-refractivity contribution in [2.75, 3.05) is 26.7 Å². The van der Waals surface area contributed by atoms with Gasteiger partial charge in [-0.25, -0.2) is 4.99 Å². The van der Waals surface area contributed by atoms with E-state index < -0.39 is 6.10 Å². The van der Waals surface area contributed by atoms with Gasteiger partial charge in [-0.1, -0.05) is 30.3 Å². The first kappa shape index (κ1) is 21.6. The summed E-state index contributed by atoms with van der Waals surface area (Å²) in [6.07, 6.45) is 0.0412. The first-order valence-corrected chi connectivity index (χ1v) is 9.68. The van der Waals surface area contributed by atoms with Crippen LogP contribution in [-0.4, -0.2) is 43.9 Å². The minimum atomic E-state index is -0.492. The van der Waals surface area contributed by atoms with Crippen LogP contribution in [0.1, 0.15) is 31.9 Å². The number of methoxy groups -OCH3 is 1. The molecule has 0 aliphatic rings. The molecule has 0 aliphatic carbocycles. The van der Waals surface area contributed by atoms with E-state index in [0.717, 1.165) is 23.6 Å². The van der Waals surface area contributed by atoms with Gasteiger partial charge in [0.1, 0.15) is 17.6 Å². The summed E-state index contributed by atoms with van der Waals surface area (Å²) < 4.78 is 11.0. The van der Waals surface area contributed by atoms with E-state index in [4.69, 9.17) is 9.47 Å². The minimum Gasteiger partial charge on any atom is -0.497 e. The van der Waals surface area contributed by atoms with Crippen LogP contribution in [0.2, 0.25) is 0 Å². The second-order valence-corrected chi connectivity index (χ2v) is 6.47. The zero-order valence-corrected chi connectivity index (χ0v) is 16.9. The van der Waals surface area contributed by atoms with Gasteiger partial charge in [-0.3, -0.25) is 0 Å². The van der Waals surface area contributed by atoms with Gasteiger partial charge < -0.3 is 25.2 Å². The first-order valence-electron chi connectivity index (χ1n) is 9.68. The smallest absolute Gasteiger partial charge is 0.191 e. The Hall–Kier alpha value is -2.73. The van der Waals surface area contributed by atoms with E-state index in [9.17, 15) is 5.11 Å². The molecule has 3 N–H and O–H groups in total. The summed E-state index contributed by atoms with van der Waals surface area (Å²) in [7, 11) is 1.64. The molecule has 2 aromatic rings. The standard InChI is InChI=1S/C22H31N3O3/c1-4-23-22(24-15-14-21(26)18-8-6-5-7-9-18)25-16-17(2)28-20-12-10-19(27-3)11-13-20/h5-13,17,21,26H,4,14-16H2,1-3H3,(H2,23,24,25). The predicted octanol–water partition coefficient (Wildman–Crippen LogP) is 3.14. The fourth-order valence-electron chi connectivity index (χ4n) is 2.65. The molecule has 0 bridgehead atoms. The maximum Gasteiger partial charge on any atom is 0.191 e. The average molecular weight is 386 g/mol. The summed E-state index contributed by atoms with van der Waals surface area (Å²) in [5.41, 5.74) is 0.924. The van der Waals surface area contributed by atoms with Gasteiger partial charge in [0.2, 0.25) is 0 Å². The molecule has 0 saturated heterocycles. The Bertz CT molecular complexity index is 705. The molecule has 28 heavy (non-hydrogen) atoms. The van der Waals surface area contributed by atoms with E-state index in [2.05, 4.69) is 15.6 Å². The molecule has 2 aromatic carbocycles. The topological polar surface area (TPSA) is 75.1 Å². The number of ether oxygens (including phenoxy) is 2. The van der Waals surface area contributed by atoms with Crippen molar-refractivity contribution in [3.8, 4) is 11.5 Å². The van der Waals surface area contributed by atoms with Crippen molar-refractivity contribution in [1.82, 2.24) is 10.6 Å². The van der Waals surface area contributed by atoms with E-state index in [-0.39, 0.29) is 6.10 Å². The highest BCUT2D eigenvalue weighted by Gasteiger charge is 2.08. The molecular weight excluding hydrogens is 354 g/mol. The molecule has 0 aromatic heterocycles. The van der Waals surface area contributed by atoms with Gasteiger partial charge in [0.25, 0.3) is 0 Å². The SMILES string of the molecule is CCNC(=NCC(C)Oc1ccc(OC)cc1)NCCC(O)c1ccccc1. The predicted molar refractivity (Wildman–Crippen MR) is 113 cm³/mol. The molecule has 0 aliphatic heterocycles. The highest BCUT2D eigenvalue weighted by Crippen LogP contribution is 2.18. The Kier molecular flexibility index (Phi) is 9.15. The third-order valence-electron chi connectivity index (χ3n) is 4.14. The van der Waals surface area contributed by atoms with E-state index in [1.54, 1.807) is 7.11 Å². The summed E-state index contributed by atoms with van der Waals surface area (Å²) in [6.45, 7) is 5.91. The van der Waals surface area contributed by atoms with Crippen molar-refractivity contribution >= 4 is 5.96 Å². The summed E-state index contributed by atoms with van der Waals surface area (Å²) in [4.78, 5) is 4.58. The summed E-state index contributed by atoms with van der Waals surface area (Å²) in [5.74, 6) is 2.30. The molecule has 6 heteroatoms. The Morgan fingerprint density at radius 3 is 2.36 bits per heavy atom. The summed E-state index contributed by atoms with van der Waals surface area (Å²) in [6, 6.07) is 17.2. The molecule has 0 fully saturated rings.